The van der Waals surface area contributed by atoms with Crippen LogP contribution in [0.5, 0.6) is 0 Å². The monoisotopic (exact) mass is 318 g/mol. The maximum absolute atomic E-state index is 11.9. The summed E-state index contributed by atoms with van der Waals surface area (Å²) < 4.78 is 0. The molecule has 0 aliphatic carbocycles. The first kappa shape index (κ1) is 17.1. The van der Waals surface area contributed by atoms with E-state index >= 15 is 0 Å². The molecule has 1 aromatic carbocycles. The molecule has 1 amide bonds. The molecule has 112 valence electrons. The molecule has 0 saturated carbocycles. The molecule has 0 aliphatic rings. The van der Waals surface area contributed by atoms with Crippen LogP contribution in [0.3, 0.4) is 0 Å². The zero-order valence-corrected chi connectivity index (χ0v) is 13.4. The van der Waals surface area contributed by atoms with Gasteiger partial charge in [-0.15, -0.1) is 0 Å². The van der Waals surface area contributed by atoms with Gasteiger partial charge in [-0.3, -0.25) is 4.79 Å². The molecule has 1 unspecified atom stereocenters. The Hall–Kier alpha value is -0.970. The van der Waals surface area contributed by atoms with Crippen LogP contribution < -0.4 is 5.73 Å². The van der Waals surface area contributed by atoms with Crippen LogP contribution in [-0.2, 0) is 4.79 Å². The normalized spacial score (nSPS) is 12.6. The third-order valence-electron chi connectivity index (χ3n) is 3.10. The fourth-order valence-electron chi connectivity index (χ4n) is 1.89. The number of carbonyl (C=O) groups is 1. The minimum atomic E-state index is -0.858. The van der Waals surface area contributed by atoms with Crippen LogP contribution in [0.25, 0.3) is 0 Å². The van der Waals surface area contributed by atoms with E-state index in [0.29, 0.717) is 22.0 Å². The summed E-state index contributed by atoms with van der Waals surface area (Å²) in [6.07, 6.45) is -0.461. The highest BCUT2D eigenvalue weighted by molar-refractivity contribution is 6.38. The SMILES string of the molecule is CCC(=O)N(CC(O)c1cc(Cl)c(N)c(Cl)c1)C(C)C. The lowest BCUT2D eigenvalue weighted by atomic mass is 10.1. The molecule has 20 heavy (non-hydrogen) atoms. The number of rotatable bonds is 5. The molecule has 0 aromatic heterocycles. The van der Waals surface area contributed by atoms with E-state index in [2.05, 4.69) is 0 Å². The van der Waals surface area contributed by atoms with Crippen molar-refractivity contribution in [3.05, 3.63) is 27.7 Å². The van der Waals surface area contributed by atoms with Crippen LogP contribution in [0.1, 0.15) is 38.9 Å². The molecule has 3 N–H and O–H groups in total. The Kier molecular flexibility index (Phi) is 6.11. The predicted molar refractivity (Wildman–Crippen MR) is 83.0 cm³/mol. The van der Waals surface area contributed by atoms with Crippen molar-refractivity contribution in [1.82, 2.24) is 4.90 Å². The first-order chi connectivity index (χ1) is 9.27. The number of hydrogen-bond donors (Lipinski definition) is 2. The largest absolute Gasteiger partial charge is 0.396 e. The van der Waals surface area contributed by atoms with Crippen molar-refractivity contribution in [1.29, 1.82) is 0 Å². The van der Waals surface area contributed by atoms with Gasteiger partial charge in [0.05, 0.1) is 28.4 Å². The van der Waals surface area contributed by atoms with E-state index in [0.717, 1.165) is 0 Å². The molecule has 0 radical (unpaired) electrons. The molecule has 6 heteroatoms. The molecule has 1 atom stereocenters. The van der Waals surface area contributed by atoms with E-state index in [9.17, 15) is 9.90 Å². The van der Waals surface area contributed by atoms with Gasteiger partial charge in [-0.2, -0.15) is 0 Å². The quantitative estimate of drug-likeness (QED) is 0.819. The number of benzene rings is 1. The minimum absolute atomic E-state index is 0.00770. The summed E-state index contributed by atoms with van der Waals surface area (Å²) in [6.45, 7) is 5.80. The fourth-order valence-corrected chi connectivity index (χ4v) is 2.40. The van der Waals surface area contributed by atoms with Gasteiger partial charge < -0.3 is 15.7 Å². The van der Waals surface area contributed by atoms with Crippen molar-refractivity contribution in [3.8, 4) is 0 Å². The second kappa shape index (κ2) is 7.16. The highest BCUT2D eigenvalue weighted by Gasteiger charge is 2.21. The lowest BCUT2D eigenvalue weighted by Crippen LogP contribution is -2.39. The number of anilines is 1. The number of carbonyl (C=O) groups excluding carboxylic acids is 1. The van der Waals surface area contributed by atoms with E-state index in [1.165, 1.54) is 0 Å². The molecular formula is C14H20Cl2N2O2. The molecule has 0 heterocycles. The molecule has 1 rings (SSSR count). The standard InChI is InChI=1S/C14H20Cl2N2O2/c1-4-13(20)18(8(2)3)7-12(19)9-5-10(15)14(17)11(16)6-9/h5-6,8,12,19H,4,7,17H2,1-3H3. The number of aliphatic hydroxyl groups excluding tert-OH is 1. The average Bonchev–Trinajstić information content (AvgIpc) is 2.39. The maximum atomic E-state index is 11.9. The topological polar surface area (TPSA) is 66.6 Å². The van der Waals surface area contributed by atoms with Gasteiger partial charge in [-0.1, -0.05) is 30.1 Å². The van der Waals surface area contributed by atoms with Gasteiger partial charge in [0.25, 0.3) is 0 Å². The van der Waals surface area contributed by atoms with Crippen LogP contribution >= 0.6 is 23.2 Å². The molecule has 4 nitrogen and oxygen atoms in total. The number of halogens is 2. The first-order valence-electron chi connectivity index (χ1n) is 6.49. The number of nitrogen functional groups attached to an aromatic ring is 1. The predicted octanol–water partition coefficient (Wildman–Crippen LogP) is 3.26. The number of hydrogen-bond acceptors (Lipinski definition) is 3. The molecule has 1 aromatic rings. The Morgan fingerprint density at radius 1 is 1.35 bits per heavy atom. The summed E-state index contributed by atoms with van der Waals surface area (Å²) in [5, 5.41) is 10.9. The Morgan fingerprint density at radius 2 is 1.85 bits per heavy atom. The summed E-state index contributed by atoms with van der Waals surface area (Å²) in [4.78, 5) is 13.5. The number of amides is 1. The number of nitrogens with zero attached hydrogens (tertiary/aromatic N) is 1. The van der Waals surface area contributed by atoms with E-state index in [-0.39, 0.29) is 24.2 Å². The van der Waals surface area contributed by atoms with Crippen LogP contribution in [-0.4, -0.2) is 28.5 Å². The van der Waals surface area contributed by atoms with Gasteiger partial charge in [-0.25, -0.2) is 0 Å². The molecule has 0 fully saturated rings. The third-order valence-corrected chi connectivity index (χ3v) is 3.73. The maximum Gasteiger partial charge on any atom is 0.222 e. The lowest BCUT2D eigenvalue weighted by Gasteiger charge is -2.29. The summed E-state index contributed by atoms with van der Waals surface area (Å²) in [7, 11) is 0. The number of nitrogens with two attached hydrogens (primary N) is 1. The fraction of sp³-hybridized carbons (Fsp3) is 0.500. The summed E-state index contributed by atoms with van der Waals surface area (Å²) >= 11 is 11.9. The van der Waals surface area contributed by atoms with Crippen molar-refractivity contribution < 1.29 is 9.90 Å². The van der Waals surface area contributed by atoms with E-state index in [1.807, 2.05) is 13.8 Å². The zero-order valence-electron chi connectivity index (χ0n) is 11.9. The van der Waals surface area contributed by atoms with Crippen LogP contribution in [0.2, 0.25) is 10.0 Å². The van der Waals surface area contributed by atoms with Gasteiger partial charge in [0.2, 0.25) is 5.91 Å². The molecule has 0 aliphatic heterocycles. The zero-order chi connectivity index (χ0) is 15.4. The van der Waals surface area contributed by atoms with Crippen molar-refractivity contribution in [2.24, 2.45) is 0 Å². The van der Waals surface area contributed by atoms with Gasteiger partial charge >= 0.3 is 0 Å². The van der Waals surface area contributed by atoms with Crippen molar-refractivity contribution in [2.75, 3.05) is 12.3 Å². The summed E-state index contributed by atoms with van der Waals surface area (Å²) in [5.74, 6) is -0.00770. The smallest absolute Gasteiger partial charge is 0.222 e. The number of aliphatic hydroxyl groups is 1. The Bertz CT molecular complexity index is 469. The second-order valence-corrected chi connectivity index (χ2v) is 5.72. The van der Waals surface area contributed by atoms with E-state index in [4.69, 9.17) is 28.9 Å². The highest BCUT2D eigenvalue weighted by Crippen LogP contribution is 2.31. The van der Waals surface area contributed by atoms with Gasteiger partial charge in [0, 0.05) is 12.5 Å². The molecule has 0 spiro atoms. The van der Waals surface area contributed by atoms with Crippen LogP contribution in [0, 0.1) is 0 Å². The van der Waals surface area contributed by atoms with Gasteiger partial charge in [0.15, 0.2) is 0 Å². The lowest BCUT2D eigenvalue weighted by molar-refractivity contribution is -0.134. The second-order valence-electron chi connectivity index (χ2n) is 4.91. The van der Waals surface area contributed by atoms with Gasteiger partial charge in [-0.05, 0) is 31.5 Å². The molecule has 0 saturated heterocycles. The molecular weight excluding hydrogens is 299 g/mol. The van der Waals surface area contributed by atoms with Crippen LogP contribution in [0.15, 0.2) is 12.1 Å². The summed E-state index contributed by atoms with van der Waals surface area (Å²) in [5.41, 5.74) is 6.49. The van der Waals surface area contributed by atoms with Crippen molar-refractivity contribution in [3.63, 3.8) is 0 Å². The Labute approximate surface area is 129 Å². The third kappa shape index (κ3) is 4.01. The summed E-state index contributed by atoms with van der Waals surface area (Å²) in [6, 6.07) is 3.15. The van der Waals surface area contributed by atoms with E-state index in [1.54, 1.807) is 24.0 Å². The minimum Gasteiger partial charge on any atom is -0.396 e. The highest BCUT2D eigenvalue weighted by atomic mass is 35.5. The Morgan fingerprint density at radius 3 is 2.25 bits per heavy atom. The first-order valence-corrected chi connectivity index (χ1v) is 7.25. The molecule has 0 bridgehead atoms. The van der Waals surface area contributed by atoms with Crippen molar-refractivity contribution >= 4 is 34.8 Å². The Balaban J connectivity index is 2.94. The van der Waals surface area contributed by atoms with Crippen molar-refractivity contribution in [2.45, 2.75) is 39.3 Å². The van der Waals surface area contributed by atoms with E-state index < -0.39 is 6.10 Å². The average molecular weight is 319 g/mol. The van der Waals surface area contributed by atoms with Crippen LogP contribution in [0.4, 0.5) is 5.69 Å². The van der Waals surface area contributed by atoms with Gasteiger partial charge in [0.1, 0.15) is 0 Å².